The zero-order chi connectivity index (χ0) is 40.0. The minimum Gasteiger partial charge on any atom is -0.309 e. The topological polar surface area (TPSA) is 9.86 Å². The van der Waals surface area contributed by atoms with E-state index in [4.69, 9.17) is 0 Å². The third-order valence-electron chi connectivity index (χ3n) is 13.4. The molecular formula is C57H42N2Si. The summed E-state index contributed by atoms with van der Waals surface area (Å²) < 4.78 is 4.94. The molecule has 12 rings (SSSR count). The summed E-state index contributed by atoms with van der Waals surface area (Å²) >= 11 is 0. The number of fused-ring (bicyclic) bond motifs is 9. The van der Waals surface area contributed by atoms with Crippen molar-refractivity contribution in [2.75, 3.05) is 0 Å². The molecule has 0 saturated heterocycles. The summed E-state index contributed by atoms with van der Waals surface area (Å²) in [6.45, 7) is 4.75. The molecule has 11 aromatic rings. The molecule has 2 nitrogen and oxygen atoms in total. The Kier molecular flexibility index (Phi) is 7.63. The van der Waals surface area contributed by atoms with Crippen molar-refractivity contribution < 1.29 is 0 Å². The largest absolute Gasteiger partial charge is 0.309 e. The quantitative estimate of drug-likeness (QED) is 0.117. The van der Waals surface area contributed by atoms with Crippen LogP contribution in [0.3, 0.4) is 0 Å². The number of para-hydroxylation sites is 3. The first-order valence-electron chi connectivity index (χ1n) is 21.0. The lowest BCUT2D eigenvalue weighted by Gasteiger charge is -2.35. The van der Waals surface area contributed by atoms with Crippen LogP contribution in [0.25, 0.3) is 66.1 Å². The van der Waals surface area contributed by atoms with E-state index in [0.29, 0.717) is 0 Å². The van der Waals surface area contributed by atoms with Crippen molar-refractivity contribution in [1.82, 2.24) is 9.13 Å². The summed E-state index contributed by atoms with van der Waals surface area (Å²) in [5.41, 5.74) is 12.6. The third-order valence-corrected chi connectivity index (χ3v) is 18.2. The van der Waals surface area contributed by atoms with E-state index in [2.05, 4.69) is 241 Å². The molecule has 0 atom stereocenters. The van der Waals surface area contributed by atoms with Crippen molar-refractivity contribution in [3.05, 3.63) is 230 Å². The van der Waals surface area contributed by atoms with Crippen molar-refractivity contribution in [2.45, 2.75) is 19.3 Å². The Bertz CT molecular complexity index is 3410. The summed E-state index contributed by atoms with van der Waals surface area (Å²) in [5, 5.41) is 10.5. The van der Waals surface area contributed by atoms with Gasteiger partial charge in [0, 0.05) is 38.3 Å². The minimum atomic E-state index is -2.96. The number of aromatic nitrogens is 2. The molecule has 3 heteroatoms. The summed E-state index contributed by atoms with van der Waals surface area (Å²) in [4.78, 5) is 0. The average molecular weight is 783 g/mol. The van der Waals surface area contributed by atoms with Gasteiger partial charge in [0.2, 0.25) is 0 Å². The van der Waals surface area contributed by atoms with Crippen LogP contribution in [0.4, 0.5) is 0 Å². The molecule has 0 aliphatic heterocycles. The highest BCUT2D eigenvalue weighted by atomic mass is 28.3. The molecule has 2 aromatic heterocycles. The first kappa shape index (κ1) is 34.8. The molecule has 0 spiro atoms. The molecule has 0 unspecified atom stereocenters. The number of nitrogens with zero attached hydrogens (tertiary/aromatic N) is 2. The lowest BCUT2D eigenvalue weighted by atomic mass is 9.82. The fourth-order valence-corrected chi connectivity index (χ4v) is 15.5. The molecule has 0 radical (unpaired) electrons. The lowest BCUT2D eigenvalue weighted by Crippen LogP contribution is -2.74. The van der Waals surface area contributed by atoms with Crippen LogP contribution in [0.2, 0.25) is 0 Å². The van der Waals surface area contributed by atoms with Crippen LogP contribution in [-0.2, 0) is 5.41 Å². The van der Waals surface area contributed by atoms with Gasteiger partial charge in [-0.25, -0.2) is 0 Å². The van der Waals surface area contributed by atoms with Gasteiger partial charge in [0.15, 0.2) is 8.07 Å². The average Bonchev–Trinajstić information content (AvgIpc) is 3.90. The molecule has 2 heterocycles. The molecule has 0 fully saturated rings. The van der Waals surface area contributed by atoms with Crippen LogP contribution in [0.5, 0.6) is 0 Å². The number of rotatable bonds is 6. The highest BCUT2D eigenvalue weighted by Gasteiger charge is 2.42. The second-order valence-corrected chi connectivity index (χ2v) is 20.7. The minimum absolute atomic E-state index is 0.0751. The number of hydrogen-bond donors (Lipinski definition) is 0. The molecule has 284 valence electrons. The van der Waals surface area contributed by atoms with Gasteiger partial charge in [-0.2, -0.15) is 0 Å². The highest BCUT2D eigenvalue weighted by Crippen LogP contribution is 2.51. The van der Waals surface area contributed by atoms with E-state index in [0.717, 1.165) is 0 Å². The second kappa shape index (κ2) is 13.2. The maximum Gasteiger partial charge on any atom is 0.179 e. The smallest absolute Gasteiger partial charge is 0.179 e. The Morgan fingerprint density at radius 1 is 0.317 bits per heavy atom. The van der Waals surface area contributed by atoms with Gasteiger partial charge in [-0.3, -0.25) is 0 Å². The van der Waals surface area contributed by atoms with Gasteiger partial charge < -0.3 is 9.13 Å². The molecular weight excluding hydrogens is 741 g/mol. The molecule has 0 saturated carbocycles. The van der Waals surface area contributed by atoms with E-state index in [1.807, 2.05) is 0 Å². The van der Waals surface area contributed by atoms with Gasteiger partial charge in [0.25, 0.3) is 0 Å². The van der Waals surface area contributed by atoms with E-state index in [1.54, 1.807) is 0 Å². The normalized spacial score (nSPS) is 13.3. The number of hydrogen-bond acceptors (Lipinski definition) is 0. The SMILES string of the molecule is CC1(C)c2ccccc2-c2cc3c(cc21)c1ccccc1n3-c1cccc([Si](c2ccccc2)(c2ccccc2)c2ccc3c(c2)c2ccccc2n3-c2ccccc2)c1. The van der Waals surface area contributed by atoms with Gasteiger partial charge in [0.1, 0.15) is 0 Å². The van der Waals surface area contributed by atoms with Crippen molar-refractivity contribution in [3.8, 4) is 22.5 Å². The lowest BCUT2D eigenvalue weighted by molar-refractivity contribution is 0.661. The standard InChI is InChI=1S/C57H42N2Si/c1-57(2)51-30-15-12-27-45(51)48-38-56-50(37-52(48)57)47-29-14-17-32-54(47)59(56)40-21-18-26-43(35-40)60(41-22-8-4-9-23-41,42-24-10-5-11-25-42)44-33-34-55-49(36-44)46-28-13-16-31-53(46)58(55)39-19-6-3-7-20-39/h3-38H,1-2H3. The Morgan fingerprint density at radius 2 is 0.817 bits per heavy atom. The summed E-state index contributed by atoms with van der Waals surface area (Å²) in [7, 11) is -2.96. The van der Waals surface area contributed by atoms with Gasteiger partial charge in [0.05, 0.1) is 22.1 Å². The van der Waals surface area contributed by atoms with E-state index < -0.39 is 8.07 Å². The van der Waals surface area contributed by atoms with Crippen LogP contribution >= 0.6 is 0 Å². The number of benzene rings is 9. The van der Waals surface area contributed by atoms with E-state index in [1.165, 1.54) is 98.0 Å². The van der Waals surface area contributed by atoms with Crippen LogP contribution in [0.15, 0.2) is 218 Å². The third kappa shape index (κ3) is 4.87. The Labute approximate surface area is 351 Å². The predicted octanol–water partition coefficient (Wildman–Crippen LogP) is 11.6. The molecule has 0 bridgehead atoms. The predicted molar refractivity (Wildman–Crippen MR) is 256 cm³/mol. The summed E-state index contributed by atoms with van der Waals surface area (Å²) in [6.07, 6.45) is 0. The van der Waals surface area contributed by atoms with E-state index in [-0.39, 0.29) is 5.41 Å². The molecule has 0 N–H and O–H groups in total. The van der Waals surface area contributed by atoms with Crippen LogP contribution in [0.1, 0.15) is 25.0 Å². The van der Waals surface area contributed by atoms with E-state index >= 15 is 0 Å². The highest BCUT2D eigenvalue weighted by molar-refractivity contribution is 7.20. The van der Waals surface area contributed by atoms with Gasteiger partial charge in [-0.15, -0.1) is 0 Å². The first-order valence-corrected chi connectivity index (χ1v) is 23.0. The second-order valence-electron chi connectivity index (χ2n) is 16.9. The summed E-state index contributed by atoms with van der Waals surface area (Å²) in [5.74, 6) is 0. The zero-order valence-electron chi connectivity index (χ0n) is 33.7. The van der Waals surface area contributed by atoms with E-state index in [9.17, 15) is 0 Å². The maximum absolute atomic E-state index is 2.96. The summed E-state index contributed by atoms with van der Waals surface area (Å²) in [6, 6.07) is 82.0. The zero-order valence-corrected chi connectivity index (χ0v) is 34.7. The molecule has 9 aromatic carbocycles. The van der Waals surface area contributed by atoms with Gasteiger partial charge in [-0.05, 0) is 97.6 Å². The Balaban J connectivity index is 1.15. The van der Waals surface area contributed by atoms with Crippen LogP contribution < -0.4 is 20.7 Å². The maximum atomic E-state index is 2.53. The van der Waals surface area contributed by atoms with Gasteiger partial charge in [-0.1, -0.05) is 178 Å². The Morgan fingerprint density at radius 3 is 1.50 bits per heavy atom. The van der Waals surface area contributed by atoms with Crippen LogP contribution in [-0.4, -0.2) is 17.2 Å². The first-order chi connectivity index (χ1) is 29.5. The fourth-order valence-electron chi connectivity index (χ4n) is 10.8. The van der Waals surface area contributed by atoms with Crippen molar-refractivity contribution in [2.24, 2.45) is 0 Å². The van der Waals surface area contributed by atoms with Crippen molar-refractivity contribution >= 4 is 72.4 Å². The molecule has 1 aliphatic rings. The molecule has 60 heavy (non-hydrogen) atoms. The molecule has 1 aliphatic carbocycles. The molecule has 0 amide bonds. The van der Waals surface area contributed by atoms with Gasteiger partial charge >= 0.3 is 0 Å². The Hall–Kier alpha value is -7.20. The fraction of sp³-hybridized carbons (Fsp3) is 0.0526. The monoisotopic (exact) mass is 782 g/mol. The van der Waals surface area contributed by atoms with Crippen molar-refractivity contribution in [3.63, 3.8) is 0 Å². The van der Waals surface area contributed by atoms with Crippen molar-refractivity contribution in [1.29, 1.82) is 0 Å². The van der Waals surface area contributed by atoms with Crippen LogP contribution in [0, 0.1) is 0 Å².